The lowest BCUT2D eigenvalue weighted by atomic mass is 9.86. The van der Waals surface area contributed by atoms with Crippen molar-refractivity contribution in [2.75, 3.05) is 13.2 Å². The molecule has 1 aromatic rings. The number of nitrogens with zero attached hydrogens (tertiary/aromatic N) is 1. The predicted octanol–water partition coefficient (Wildman–Crippen LogP) is 3.50. The van der Waals surface area contributed by atoms with Crippen LogP contribution in [0, 0.1) is 5.92 Å². The Morgan fingerprint density at radius 2 is 2.08 bits per heavy atom. The van der Waals surface area contributed by atoms with E-state index in [1.165, 1.54) is 25.7 Å². The molecule has 2 N–H and O–H groups in total. The number of aliphatic imine (C=N–C) groups is 1. The van der Waals surface area contributed by atoms with E-state index in [4.69, 9.17) is 14.1 Å². The van der Waals surface area contributed by atoms with Gasteiger partial charge in [-0.1, -0.05) is 19.8 Å². The van der Waals surface area contributed by atoms with Gasteiger partial charge in [0.1, 0.15) is 5.76 Å². The Kier molecular flexibility index (Phi) is 6.79. The molecule has 1 aliphatic heterocycles. The van der Waals surface area contributed by atoms with E-state index in [9.17, 15) is 0 Å². The minimum absolute atomic E-state index is 0.323. The molecule has 5 nitrogen and oxygen atoms in total. The van der Waals surface area contributed by atoms with Crippen molar-refractivity contribution in [1.82, 2.24) is 10.6 Å². The summed E-state index contributed by atoms with van der Waals surface area (Å²) in [6.07, 6.45) is 10.2. The molecule has 2 heterocycles. The van der Waals surface area contributed by atoms with Crippen molar-refractivity contribution in [2.24, 2.45) is 10.9 Å². The Bertz CT molecular complexity index is 529. The Balaban J connectivity index is 1.59. The fraction of sp³-hybridized carbons (Fsp3) is 0.750. The molecule has 140 valence electrons. The smallest absolute Gasteiger partial charge is 0.191 e. The number of guanidine groups is 1. The van der Waals surface area contributed by atoms with Crippen molar-refractivity contribution < 1.29 is 9.15 Å². The zero-order valence-corrected chi connectivity index (χ0v) is 15.7. The second kappa shape index (κ2) is 9.27. The van der Waals surface area contributed by atoms with Crippen molar-refractivity contribution >= 4 is 5.96 Å². The van der Waals surface area contributed by atoms with Crippen molar-refractivity contribution in [3.05, 3.63) is 24.2 Å². The van der Waals surface area contributed by atoms with Crippen LogP contribution in [0.3, 0.4) is 0 Å². The van der Waals surface area contributed by atoms with E-state index in [1.807, 2.05) is 12.1 Å². The first-order valence-corrected chi connectivity index (χ1v) is 9.92. The zero-order chi connectivity index (χ0) is 17.5. The fourth-order valence-corrected chi connectivity index (χ4v) is 3.89. The molecule has 1 saturated heterocycles. The summed E-state index contributed by atoms with van der Waals surface area (Å²) < 4.78 is 11.1. The van der Waals surface area contributed by atoms with Crippen LogP contribution in [0.2, 0.25) is 0 Å². The summed E-state index contributed by atoms with van der Waals surface area (Å²) in [5, 5.41) is 7.38. The summed E-state index contributed by atoms with van der Waals surface area (Å²) in [5.41, 5.74) is 0. The standard InChI is InChI=1S/C20H33N3O2/c1-15-6-3-4-8-19(15)23-20(21-11-9-18-7-5-12-25-18)22-17-10-13-24-16(2)14-17/h5,7,12,15-17,19H,3-4,6,8-11,13-14H2,1-2H3,(H2,21,22,23). The molecule has 3 rings (SSSR count). The largest absolute Gasteiger partial charge is 0.469 e. The molecule has 1 aromatic heterocycles. The Labute approximate surface area is 151 Å². The van der Waals surface area contributed by atoms with E-state index >= 15 is 0 Å². The summed E-state index contributed by atoms with van der Waals surface area (Å²) in [7, 11) is 0. The highest BCUT2D eigenvalue weighted by molar-refractivity contribution is 5.80. The number of ether oxygens (including phenoxy) is 1. The SMILES string of the molecule is CC1CC(NC(=NCCc2ccco2)NC2CCCCC2C)CCO1. The summed E-state index contributed by atoms with van der Waals surface area (Å²) in [4.78, 5) is 4.84. The fourth-order valence-electron chi connectivity index (χ4n) is 3.89. The number of nitrogens with one attached hydrogen (secondary N) is 2. The van der Waals surface area contributed by atoms with E-state index in [2.05, 4.69) is 24.5 Å². The lowest BCUT2D eigenvalue weighted by Gasteiger charge is -2.34. The Morgan fingerprint density at radius 1 is 1.20 bits per heavy atom. The van der Waals surface area contributed by atoms with Gasteiger partial charge in [-0.3, -0.25) is 4.99 Å². The van der Waals surface area contributed by atoms with E-state index in [0.717, 1.165) is 44.1 Å². The second-order valence-electron chi connectivity index (χ2n) is 7.62. The third-order valence-electron chi connectivity index (χ3n) is 5.47. The van der Waals surface area contributed by atoms with Crippen LogP contribution in [0.1, 0.15) is 58.1 Å². The number of furan rings is 1. The molecule has 0 radical (unpaired) electrons. The first kappa shape index (κ1) is 18.3. The van der Waals surface area contributed by atoms with Crippen LogP contribution in [0.4, 0.5) is 0 Å². The molecular formula is C20H33N3O2. The van der Waals surface area contributed by atoms with Crippen molar-refractivity contribution in [1.29, 1.82) is 0 Å². The van der Waals surface area contributed by atoms with E-state index in [1.54, 1.807) is 6.26 Å². The first-order valence-electron chi connectivity index (χ1n) is 9.92. The monoisotopic (exact) mass is 347 g/mol. The highest BCUT2D eigenvalue weighted by Crippen LogP contribution is 2.23. The molecule has 4 atom stereocenters. The van der Waals surface area contributed by atoms with Gasteiger partial charge in [0.05, 0.1) is 12.4 Å². The topological polar surface area (TPSA) is 58.8 Å². The van der Waals surface area contributed by atoms with Crippen LogP contribution >= 0.6 is 0 Å². The normalized spacial score (nSPS) is 30.9. The number of hydrogen-bond donors (Lipinski definition) is 2. The summed E-state index contributed by atoms with van der Waals surface area (Å²) in [5.74, 6) is 2.66. The van der Waals surface area contributed by atoms with Gasteiger partial charge in [0, 0.05) is 31.7 Å². The molecule has 2 aliphatic rings. The summed E-state index contributed by atoms with van der Waals surface area (Å²) in [6, 6.07) is 4.92. The van der Waals surface area contributed by atoms with Gasteiger partial charge >= 0.3 is 0 Å². The number of rotatable bonds is 5. The lowest BCUT2D eigenvalue weighted by Crippen LogP contribution is -2.51. The maximum Gasteiger partial charge on any atom is 0.191 e. The third kappa shape index (κ3) is 5.77. The Hall–Kier alpha value is -1.49. The van der Waals surface area contributed by atoms with Crippen LogP contribution in [-0.2, 0) is 11.2 Å². The van der Waals surface area contributed by atoms with E-state index in [-0.39, 0.29) is 0 Å². The highest BCUT2D eigenvalue weighted by Gasteiger charge is 2.24. The van der Waals surface area contributed by atoms with Crippen LogP contribution in [0.25, 0.3) is 0 Å². The second-order valence-corrected chi connectivity index (χ2v) is 7.62. The van der Waals surface area contributed by atoms with Gasteiger partial charge in [-0.15, -0.1) is 0 Å². The maximum atomic E-state index is 5.67. The van der Waals surface area contributed by atoms with Crippen molar-refractivity contribution in [2.45, 2.75) is 77.0 Å². The lowest BCUT2D eigenvalue weighted by molar-refractivity contribution is 0.0164. The van der Waals surface area contributed by atoms with Crippen LogP contribution in [-0.4, -0.2) is 37.3 Å². The van der Waals surface area contributed by atoms with Gasteiger partial charge in [-0.25, -0.2) is 0 Å². The molecular weight excluding hydrogens is 314 g/mol. The predicted molar refractivity (Wildman–Crippen MR) is 101 cm³/mol. The van der Waals surface area contributed by atoms with Gasteiger partial charge in [-0.05, 0) is 50.7 Å². The van der Waals surface area contributed by atoms with E-state index in [0.29, 0.717) is 24.1 Å². The van der Waals surface area contributed by atoms with Crippen molar-refractivity contribution in [3.63, 3.8) is 0 Å². The molecule has 4 unspecified atom stereocenters. The van der Waals surface area contributed by atoms with E-state index < -0.39 is 0 Å². The molecule has 0 spiro atoms. The van der Waals surface area contributed by atoms with Crippen LogP contribution in [0.15, 0.2) is 27.8 Å². The molecule has 5 heteroatoms. The molecule has 1 aliphatic carbocycles. The summed E-state index contributed by atoms with van der Waals surface area (Å²) >= 11 is 0. The molecule has 1 saturated carbocycles. The molecule has 2 fully saturated rings. The van der Waals surface area contributed by atoms with Crippen LogP contribution in [0.5, 0.6) is 0 Å². The average Bonchev–Trinajstić information content (AvgIpc) is 3.10. The molecule has 0 aromatic carbocycles. The molecule has 0 amide bonds. The first-order chi connectivity index (χ1) is 12.2. The molecule has 25 heavy (non-hydrogen) atoms. The van der Waals surface area contributed by atoms with Gasteiger partial charge in [0.2, 0.25) is 0 Å². The van der Waals surface area contributed by atoms with Crippen molar-refractivity contribution in [3.8, 4) is 0 Å². The highest BCUT2D eigenvalue weighted by atomic mass is 16.5. The van der Waals surface area contributed by atoms with Gasteiger partial charge in [-0.2, -0.15) is 0 Å². The number of hydrogen-bond acceptors (Lipinski definition) is 3. The quantitative estimate of drug-likeness (QED) is 0.632. The maximum absolute atomic E-state index is 5.67. The summed E-state index contributed by atoms with van der Waals surface area (Å²) in [6.45, 7) is 6.08. The average molecular weight is 348 g/mol. The van der Waals surface area contributed by atoms with Gasteiger partial charge < -0.3 is 19.8 Å². The van der Waals surface area contributed by atoms with Gasteiger partial charge in [0.25, 0.3) is 0 Å². The van der Waals surface area contributed by atoms with Crippen LogP contribution < -0.4 is 10.6 Å². The minimum atomic E-state index is 0.323. The Morgan fingerprint density at radius 3 is 2.84 bits per heavy atom. The minimum Gasteiger partial charge on any atom is -0.469 e. The third-order valence-corrected chi connectivity index (χ3v) is 5.47. The van der Waals surface area contributed by atoms with Gasteiger partial charge in [0.15, 0.2) is 5.96 Å². The zero-order valence-electron chi connectivity index (χ0n) is 15.7. The molecule has 0 bridgehead atoms.